The number of esters is 3. The molecule has 0 radical (unpaired) electrons. The van der Waals surface area contributed by atoms with Gasteiger partial charge in [-0.25, -0.2) is 4.79 Å². The number of hydrogen-bond donors (Lipinski definition) is 3. The van der Waals surface area contributed by atoms with E-state index in [1.165, 1.54) is 33.2 Å². The number of para-hydroxylation sites is 1. The van der Waals surface area contributed by atoms with E-state index < -0.39 is 63.5 Å². The maximum atomic E-state index is 15.3. The normalized spacial score (nSPS) is 36.5. The van der Waals surface area contributed by atoms with Crippen molar-refractivity contribution in [3.63, 3.8) is 0 Å². The highest BCUT2D eigenvalue weighted by atomic mass is 16.6. The highest BCUT2D eigenvalue weighted by molar-refractivity contribution is 5.96. The van der Waals surface area contributed by atoms with Crippen LogP contribution in [0, 0.1) is 11.3 Å². The number of benzene rings is 2. The van der Waals surface area contributed by atoms with Gasteiger partial charge in [-0.1, -0.05) is 44.2 Å². The minimum absolute atomic E-state index is 0.155. The Hall–Kier alpha value is -4.76. The van der Waals surface area contributed by atoms with Crippen molar-refractivity contribution in [2.45, 2.75) is 99.5 Å². The topological polar surface area (TPSA) is 171 Å². The van der Waals surface area contributed by atoms with Crippen LogP contribution < -0.4 is 9.64 Å². The van der Waals surface area contributed by atoms with E-state index in [0.717, 1.165) is 16.5 Å². The monoisotopic (exact) mass is 824 g/mol. The first kappa shape index (κ1) is 40.6. The number of carbonyl (C=O) groups excluding carboxylic acids is 4. The lowest BCUT2D eigenvalue weighted by Crippen LogP contribution is -2.81. The van der Waals surface area contributed by atoms with Crippen LogP contribution in [-0.4, -0.2) is 133 Å². The molecule has 1 saturated carbocycles. The van der Waals surface area contributed by atoms with Gasteiger partial charge in [-0.3, -0.25) is 24.2 Å². The highest BCUT2D eigenvalue weighted by Gasteiger charge is 2.81. The van der Waals surface area contributed by atoms with Crippen LogP contribution in [0.15, 0.2) is 48.6 Å². The van der Waals surface area contributed by atoms with Crippen LogP contribution in [-0.2, 0) is 50.6 Å². The van der Waals surface area contributed by atoms with E-state index in [1.54, 1.807) is 6.07 Å². The van der Waals surface area contributed by atoms with Gasteiger partial charge in [0, 0.05) is 78.2 Å². The fourth-order valence-electron chi connectivity index (χ4n) is 13.4. The molecule has 14 heteroatoms. The molecular formula is C46H56N4O10. The molecular weight excluding hydrogens is 769 g/mol. The molecule has 320 valence electrons. The minimum Gasteiger partial charge on any atom is -0.496 e. The van der Waals surface area contributed by atoms with Crippen LogP contribution in [0.1, 0.15) is 75.3 Å². The lowest BCUT2D eigenvalue weighted by molar-refractivity contribution is -0.228. The molecule has 14 nitrogen and oxygen atoms in total. The summed E-state index contributed by atoms with van der Waals surface area (Å²) in [6.45, 7) is 8.16. The van der Waals surface area contributed by atoms with Crippen LogP contribution >= 0.6 is 0 Å². The summed E-state index contributed by atoms with van der Waals surface area (Å²) in [5, 5.41) is 26.3. The second kappa shape index (κ2) is 14.1. The van der Waals surface area contributed by atoms with Gasteiger partial charge in [-0.2, -0.15) is 0 Å². The van der Waals surface area contributed by atoms with Gasteiger partial charge in [-0.05, 0) is 74.2 Å². The molecule has 1 spiro atoms. The summed E-state index contributed by atoms with van der Waals surface area (Å²) in [5.74, 6) is -2.06. The molecule has 6 aliphatic rings. The molecule has 2 aromatic carbocycles. The minimum atomic E-state index is -2.53. The van der Waals surface area contributed by atoms with Gasteiger partial charge < -0.3 is 39.0 Å². The highest BCUT2D eigenvalue weighted by Crippen LogP contribution is 2.68. The first-order valence-electron chi connectivity index (χ1n) is 21.3. The second-order valence-corrected chi connectivity index (χ2v) is 18.1. The Morgan fingerprint density at radius 2 is 1.73 bits per heavy atom. The molecule has 60 heavy (non-hydrogen) atoms. The smallest absolute Gasteiger partial charge is 0.344 e. The number of nitrogens with one attached hydrogen (secondary N) is 1. The number of amides is 1. The number of aromatic nitrogens is 1. The molecule has 3 N–H and O–H groups in total. The van der Waals surface area contributed by atoms with Gasteiger partial charge in [0.05, 0.1) is 38.7 Å². The third-order valence-corrected chi connectivity index (χ3v) is 15.5. The van der Waals surface area contributed by atoms with E-state index in [4.69, 9.17) is 18.9 Å². The van der Waals surface area contributed by atoms with Crippen molar-refractivity contribution in [1.82, 2.24) is 14.8 Å². The molecule has 6 heterocycles. The van der Waals surface area contributed by atoms with Gasteiger partial charge >= 0.3 is 17.9 Å². The molecule has 2 bridgehead atoms. The lowest BCUT2D eigenvalue weighted by Gasteiger charge is -2.63. The van der Waals surface area contributed by atoms with Crippen LogP contribution in [0.2, 0.25) is 0 Å². The molecule has 1 unspecified atom stereocenters. The number of H-pyrrole nitrogens is 1. The van der Waals surface area contributed by atoms with Crippen molar-refractivity contribution in [3.05, 3.63) is 70.9 Å². The van der Waals surface area contributed by atoms with Crippen LogP contribution in [0.25, 0.3) is 10.9 Å². The quantitative estimate of drug-likeness (QED) is 0.131. The van der Waals surface area contributed by atoms with Crippen molar-refractivity contribution in [2.24, 2.45) is 11.3 Å². The molecule has 3 aromatic rings. The fraction of sp³-hybridized carbons (Fsp3) is 0.565. The maximum absolute atomic E-state index is 15.3. The zero-order chi connectivity index (χ0) is 42.6. The van der Waals surface area contributed by atoms with E-state index in [-0.39, 0.29) is 12.3 Å². The number of fused-ring (bicyclic) bond motifs is 6. The molecule has 3 fully saturated rings. The molecule has 1 aromatic heterocycles. The predicted octanol–water partition coefficient (Wildman–Crippen LogP) is 3.52. The largest absolute Gasteiger partial charge is 0.496 e. The van der Waals surface area contributed by atoms with E-state index in [1.807, 2.05) is 50.3 Å². The van der Waals surface area contributed by atoms with Gasteiger partial charge in [0.2, 0.25) is 12.0 Å². The number of methoxy groups -OCH3 is 3. The maximum Gasteiger partial charge on any atom is 0.344 e. The van der Waals surface area contributed by atoms with E-state index in [9.17, 15) is 24.6 Å². The average Bonchev–Trinajstić information content (AvgIpc) is 3.92. The number of ether oxygens (including phenoxy) is 4. The third-order valence-electron chi connectivity index (χ3n) is 15.5. The summed E-state index contributed by atoms with van der Waals surface area (Å²) < 4.78 is 23.7. The van der Waals surface area contributed by atoms with E-state index in [2.05, 4.69) is 20.9 Å². The standard InChI is InChI=1S/C46H56N4O10/c1-7-42(55)22-28-23-45(40(53)58-5,36-30(14-18-48(24-28)25-42)29-12-9-10-13-33(29)47-36)32-20-31-34(21-35(32)57-4)50(26-51)38-44(31)16-19-49-17-11-15-43(8-2,37(44)49)39(60-27(3)52)46(38,56)41(54)59-6/h9-13,15,20-21,26,28,37-39,47,55-56H,7-8,14,16-19,22-25H2,1-6H3/t28-,37-,38+,39+,42-,43+,44-,45-,46-/m0/s1. The average molecular weight is 825 g/mol. The Morgan fingerprint density at radius 1 is 0.967 bits per heavy atom. The summed E-state index contributed by atoms with van der Waals surface area (Å²) in [6.07, 6.45) is 5.83. The van der Waals surface area contributed by atoms with E-state index in [0.29, 0.717) is 99.5 Å². The molecule has 1 amide bonds. The molecule has 10 atom stereocenters. The Balaban J connectivity index is 1.38. The number of piperidine rings is 1. The Morgan fingerprint density at radius 3 is 2.42 bits per heavy atom. The van der Waals surface area contributed by atoms with Crippen LogP contribution in [0.3, 0.4) is 0 Å². The van der Waals surface area contributed by atoms with Crippen LogP contribution in [0.4, 0.5) is 5.69 Å². The first-order chi connectivity index (χ1) is 28.8. The number of carbonyl (C=O) groups is 4. The zero-order valence-corrected chi connectivity index (χ0v) is 35.3. The van der Waals surface area contributed by atoms with Gasteiger partial charge in [0.15, 0.2) is 6.10 Å². The Kier molecular flexibility index (Phi) is 9.58. The Labute approximate surface area is 349 Å². The van der Waals surface area contributed by atoms with Gasteiger partial charge in [0.1, 0.15) is 11.2 Å². The fourth-order valence-corrected chi connectivity index (χ4v) is 13.4. The van der Waals surface area contributed by atoms with Crippen molar-refractivity contribution in [2.75, 3.05) is 59.0 Å². The summed E-state index contributed by atoms with van der Waals surface area (Å²) in [6, 6.07) is 9.97. The summed E-state index contributed by atoms with van der Waals surface area (Å²) in [4.78, 5) is 66.1. The molecule has 1 aliphatic carbocycles. The predicted molar refractivity (Wildman–Crippen MR) is 221 cm³/mol. The molecule has 2 saturated heterocycles. The number of anilines is 1. The summed E-state index contributed by atoms with van der Waals surface area (Å²) in [5.41, 5.74) is -3.15. The number of hydrogen-bond acceptors (Lipinski definition) is 12. The Bertz CT molecular complexity index is 2310. The number of nitrogens with zero attached hydrogens (tertiary/aromatic N) is 3. The van der Waals surface area contributed by atoms with Crippen LogP contribution in [0.5, 0.6) is 5.75 Å². The van der Waals surface area contributed by atoms with Gasteiger partial charge in [-0.15, -0.1) is 0 Å². The second-order valence-electron chi connectivity index (χ2n) is 18.1. The SMILES string of the molecule is CC[C@]1(O)C[C@@H]2CN(CCc3c([nH]c4ccccc34)[C@@](C(=O)OC)(c3cc4c(cc3OC)N(C=O)[C@H]3[C@@](O)(C(=O)OC)[C@H](OC(C)=O)[C@]5(CC)C=CCN6CC[C@@]43[C@@H]65)C2)C1. The zero-order valence-electron chi connectivity index (χ0n) is 35.3. The number of aliphatic hydroxyl groups is 2. The van der Waals surface area contributed by atoms with Crippen molar-refractivity contribution in [3.8, 4) is 5.75 Å². The third kappa shape index (κ3) is 5.19. The molecule has 5 aliphatic heterocycles. The van der Waals surface area contributed by atoms with Crippen molar-refractivity contribution in [1.29, 1.82) is 0 Å². The number of rotatable bonds is 8. The first-order valence-corrected chi connectivity index (χ1v) is 21.3. The van der Waals surface area contributed by atoms with Crippen molar-refractivity contribution < 1.29 is 48.3 Å². The molecule has 9 rings (SSSR count). The summed E-state index contributed by atoms with van der Waals surface area (Å²) >= 11 is 0. The van der Waals surface area contributed by atoms with Crippen molar-refractivity contribution >= 4 is 40.9 Å². The number of aromatic amines is 1. The lowest BCUT2D eigenvalue weighted by atomic mass is 9.47. The van der Waals surface area contributed by atoms with Gasteiger partial charge in [0.25, 0.3) is 0 Å². The van der Waals surface area contributed by atoms with E-state index >= 15 is 4.79 Å². The summed E-state index contributed by atoms with van der Waals surface area (Å²) in [7, 11) is 4.09.